The first-order valence-electron chi connectivity index (χ1n) is 11.8. The third-order valence-electron chi connectivity index (χ3n) is 6.02. The number of ether oxygens (including phenoxy) is 2. The number of rotatable bonds is 13. The highest BCUT2D eigenvalue weighted by Crippen LogP contribution is 2.38. The highest BCUT2D eigenvalue weighted by Gasteiger charge is 2.21. The first-order chi connectivity index (χ1) is 15.6. The molecule has 1 N–H and O–H groups in total. The molecule has 0 atom stereocenters. The molecule has 0 bridgehead atoms. The summed E-state index contributed by atoms with van der Waals surface area (Å²) in [4.78, 5) is 30.8. The van der Waals surface area contributed by atoms with Gasteiger partial charge in [-0.1, -0.05) is 64.7 Å². The quantitative estimate of drug-likeness (QED) is 0.294. The van der Waals surface area contributed by atoms with Crippen LogP contribution in [0.15, 0.2) is 27.8 Å². The van der Waals surface area contributed by atoms with Gasteiger partial charge in [0.2, 0.25) is 0 Å². The van der Waals surface area contributed by atoms with Crippen molar-refractivity contribution in [2.45, 2.75) is 77.7 Å². The maximum atomic E-state index is 12.5. The minimum Gasteiger partial charge on any atom is -0.493 e. The lowest BCUT2D eigenvalue weighted by atomic mass is 10.1. The van der Waals surface area contributed by atoms with Crippen LogP contribution in [0.1, 0.15) is 71.1 Å². The lowest BCUT2D eigenvalue weighted by Crippen LogP contribution is -2.27. The number of nitrogens with one attached hydrogen (secondary N) is 1. The van der Waals surface area contributed by atoms with Gasteiger partial charge in [0.05, 0.1) is 25.3 Å². The lowest BCUT2D eigenvalue weighted by Gasteiger charge is -2.20. The summed E-state index contributed by atoms with van der Waals surface area (Å²) < 4.78 is 13.1. The van der Waals surface area contributed by atoms with Crippen LogP contribution in [-0.4, -0.2) is 28.8 Å². The fraction of sp³-hybridized carbons (Fsp3) is 0.560. The summed E-state index contributed by atoms with van der Waals surface area (Å²) in [6.45, 7) is 2.89. The summed E-state index contributed by atoms with van der Waals surface area (Å²) in [5.41, 5.74) is 0.123. The van der Waals surface area contributed by atoms with Crippen molar-refractivity contribution in [1.29, 1.82) is 0 Å². The van der Waals surface area contributed by atoms with Crippen LogP contribution in [0.5, 0.6) is 11.5 Å². The van der Waals surface area contributed by atoms with Crippen LogP contribution >= 0.6 is 0 Å². The summed E-state index contributed by atoms with van der Waals surface area (Å²) in [6, 6.07) is 5.48. The molecule has 0 saturated carbocycles. The van der Waals surface area contributed by atoms with Crippen molar-refractivity contribution in [1.82, 2.24) is 14.5 Å². The number of pyridine rings is 1. The zero-order valence-electron chi connectivity index (χ0n) is 19.5. The third-order valence-corrected chi connectivity index (χ3v) is 6.02. The van der Waals surface area contributed by atoms with Crippen LogP contribution in [0.3, 0.4) is 0 Å². The van der Waals surface area contributed by atoms with E-state index in [9.17, 15) is 9.59 Å². The Kier molecular flexibility index (Phi) is 8.71. The van der Waals surface area contributed by atoms with Crippen molar-refractivity contribution < 1.29 is 9.47 Å². The van der Waals surface area contributed by atoms with E-state index in [-0.39, 0.29) is 0 Å². The van der Waals surface area contributed by atoms with Gasteiger partial charge in [-0.15, -0.1) is 0 Å². The Labute approximate surface area is 189 Å². The monoisotopic (exact) mass is 441 g/mol. The van der Waals surface area contributed by atoms with E-state index in [2.05, 4.69) is 16.9 Å². The molecule has 0 aromatic heterocycles. The second-order valence-electron chi connectivity index (χ2n) is 8.33. The minimum atomic E-state index is -0.638. The van der Waals surface area contributed by atoms with Crippen molar-refractivity contribution in [3.05, 3.63) is 39.0 Å². The Hall–Kier alpha value is -2.83. The van der Waals surface area contributed by atoms with Gasteiger partial charge in [-0.3, -0.25) is 9.78 Å². The first kappa shape index (κ1) is 23.8. The molecule has 1 aromatic rings. The predicted molar refractivity (Wildman–Crippen MR) is 128 cm³/mol. The fourth-order valence-corrected chi connectivity index (χ4v) is 4.34. The van der Waals surface area contributed by atoms with Gasteiger partial charge in [0.1, 0.15) is 0 Å². The van der Waals surface area contributed by atoms with Crippen molar-refractivity contribution in [3.63, 3.8) is 0 Å². The van der Waals surface area contributed by atoms with E-state index in [1.807, 2.05) is 16.7 Å². The first-order valence-corrected chi connectivity index (χ1v) is 11.8. The smallest absolute Gasteiger partial charge is 0.349 e. The second kappa shape index (κ2) is 11.7. The van der Waals surface area contributed by atoms with Gasteiger partial charge in [-0.25, -0.2) is 4.79 Å². The van der Waals surface area contributed by atoms with Gasteiger partial charge >= 0.3 is 5.69 Å². The van der Waals surface area contributed by atoms with Crippen LogP contribution in [0, 0.1) is 0 Å². The molecule has 2 aliphatic heterocycles. The van der Waals surface area contributed by atoms with Gasteiger partial charge in [-0.05, 0) is 24.6 Å². The Bertz CT molecular complexity index is 1100. The van der Waals surface area contributed by atoms with Gasteiger partial charge in [0.15, 0.2) is 17.3 Å². The van der Waals surface area contributed by atoms with Gasteiger partial charge in [0, 0.05) is 11.9 Å². The van der Waals surface area contributed by atoms with E-state index in [1.54, 1.807) is 20.3 Å². The molecule has 2 aliphatic rings. The minimum absolute atomic E-state index is 0.383. The molecular formula is C25H35N3O4. The Balaban J connectivity index is 1.80. The van der Waals surface area contributed by atoms with Gasteiger partial charge < -0.3 is 14.0 Å². The van der Waals surface area contributed by atoms with Crippen molar-refractivity contribution in [3.8, 4) is 22.9 Å². The zero-order valence-corrected chi connectivity index (χ0v) is 19.5. The molecule has 0 amide bonds. The molecule has 0 radical (unpaired) electrons. The summed E-state index contributed by atoms with van der Waals surface area (Å²) in [5, 5.41) is 0.841. The molecule has 3 rings (SSSR count). The standard InChI is InChI=1S/C25H35N3O4/c1-4-5-6-7-8-9-10-11-12-13-16-28-21-18(14-15-20(31-2)22(21)32-3)17-19-23(28)26-25(30)27-24(19)29/h14-15,17H,4-13,16H2,1-3H3,(H,27,29,30). The predicted octanol–water partition coefficient (Wildman–Crippen LogP) is 5.13. The Morgan fingerprint density at radius 3 is 2.19 bits per heavy atom. The van der Waals surface area contributed by atoms with Crippen LogP contribution in [0.4, 0.5) is 0 Å². The number of aromatic nitrogens is 3. The van der Waals surface area contributed by atoms with Gasteiger partial charge in [-0.2, -0.15) is 4.98 Å². The summed E-state index contributed by atoms with van der Waals surface area (Å²) >= 11 is 0. The number of benzene rings is 1. The van der Waals surface area contributed by atoms with Crippen molar-refractivity contribution >= 4 is 10.9 Å². The largest absolute Gasteiger partial charge is 0.493 e. The highest BCUT2D eigenvalue weighted by molar-refractivity contribution is 5.92. The topological polar surface area (TPSA) is 86.2 Å². The molecule has 32 heavy (non-hydrogen) atoms. The van der Waals surface area contributed by atoms with E-state index in [0.717, 1.165) is 23.7 Å². The SMILES string of the molecule is CCCCCCCCCCCCn1c2nc(=O)[nH]c(=O)c-2cc2ccc(OC)c(OC)c21. The van der Waals surface area contributed by atoms with Crippen molar-refractivity contribution in [2.24, 2.45) is 0 Å². The number of hydrogen-bond donors (Lipinski definition) is 1. The Morgan fingerprint density at radius 1 is 0.906 bits per heavy atom. The molecule has 1 aromatic carbocycles. The average molecular weight is 442 g/mol. The lowest BCUT2D eigenvalue weighted by molar-refractivity contribution is 0.356. The zero-order chi connectivity index (χ0) is 22.9. The van der Waals surface area contributed by atoms with Crippen LogP contribution in [0.25, 0.3) is 22.3 Å². The van der Waals surface area contributed by atoms with Crippen molar-refractivity contribution in [2.75, 3.05) is 14.2 Å². The van der Waals surface area contributed by atoms with E-state index in [4.69, 9.17) is 9.47 Å². The molecular weight excluding hydrogens is 406 g/mol. The number of aryl methyl sites for hydroxylation is 1. The fourth-order valence-electron chi connectivity index (χ4n) is 4.34. The van der Waals surface area contributed by atoms with E-state index in [0.29, 0.717) is 29.4 Å². The molecule has 7 nitrogen and oxygen atoms in total. The molecule has 2 heterocycles. The summed E-state index contributed by atoms with van der Waals surface area (Å²) in [5.74, 6) is 1.56. The summed E-state index contributed by atoms with van der Waals surface area (Å²) in [7, 11) is 3.19. The third kappa shape index (κ3) is 5.50. The summed E-state index contributed by atoms with van der Waals surface area (Å²) in [6.07, 6.45) is 12.3. The number of fused-ring (bicyclic) bond motifs is 2. The molecule has 0 fully saturated rings. The maximum Gasteiger partial charge on any atom is 0.349 e. The second-order valence-corrected chi connectivity index (χ2v) is 8.33. The molecule has 0 unspecified atom stereocenters. The number of nitrogens with zero attached hydrogens (tertiary/aromatic N) is 2. The number of unbranched alkanes of at least 4 members (excludes halogenated alkanes) is 9. The van der Waals surface area contributed by atoms with Crippen LogP contribution in [0.2, 0.25) is 0 Å². The van der Waals surface area contributed by atoms with E-state index < -0.39 is 11.2 Å². The molecule has 174 valence electrons. The number of H-pyrrole nitrogens is 1. The molecule has 7 heteroatoms. The number of aromatic amines is 1. The van der Waals surface area contributed by atoms with E-state index >= 15 is 0 Å². The molecule has 0 spiro atoms. The average Bonchev–Trinajstić information content (AvgIpc) is 2.79. The normalized spacial score (nSPS) is 11.3. The molecule has 0 saturated heterocycles. The maximum absolute atomic E-state index is 12.5. The number of hydrogen-bond acceptors (Lipinski definition) is 5. The van der Waals surface area contributed by atoms with Gasteiger partial charge in [0.25, 0.3) is 5.56 Å². The van der Waals surface area contributed by atoms with Crippen LogP contribution < -0.4 is 20.7 Å². The van der Waals surface area contributed by atoms with E-state index in [1.165, 1.54) is 51.4 Å². The number of methoxy groups -OCH3 is 2. The highest BCUT2D eigenvalue weighted by atomic mass is 16.5. The Morgan fingerprint density at radius 2 is 1.56 bits per heavy atom. The van der Waals surface area contributed by atoms with Crippen LogP contribution in [-0.2, 0) is 6.54 Å². The molecule has 0 aliphatic carbocycles.